The summed E-state index contributed by atoms with van der Waals surface area (Å²) in [6.07, 6.45) is -1.98. The van der Waals surface area contributed by atoms with Gasteiger partial charge in [-0.1, -0.05) is 0 Å². The van der Waals surface area contributed by atoms with Crippen LogP contribution in [0.5, 0.6) is 5.75 Å². The number of aryl methyl sites for hydroxylation is 1. The number of rotatable bonds is 8. The number of aromatic amines is 1. The third kappa shape index (κ3) is 5.24. The van der Waals surface area contributed by atoms with Crippen molar-refractivity contribution < 1.29 is 31.9 Å². The topological polar surface area (TPSA) is 77.4 Å². The van der Waals surface area contributed by atoms with E-state index in [0.29, 0.717) is 42.4 Å². The molecule has 2 aromatic carbocycles. The normalized spacial score (nSPS) is 11.7. The van der Waals surface area contributed by atoms with Gasteiger partial charge in [0.25, 0.3) is 0 Å². The lowest BCUT2D eigenvalue weighted by Gasteiger charge is -2.06. The van der Waals surface area contributed by atoms with Crippen LogP contribution in [0, 0.1) is 6.92 Å². The highest BCUT2D eigenvalue weighted by molar-refractivity contribution is 5.88. The number of hydrogen-bond acceptors (Lipinski definition) is 5. The molecule has 0 amide bonds. The highest BCUT2D eigenvalue weighted by Gasteiger charge is 2.30. The van der Waals surface area contributed by atoms with E-state index in [1.807, 2.05) is 18.2 Å². The second-order valence-electron chi connectivity index (χ2n) is 7.70. The van der Waals surface area contributed by atoms with E-state index in [1.165, 1.54) is 12.1 Å². The average Bonchev–Trinajstić information content (AvgIpc) is 3.36. The van der Waals surface area contributed by atoms with Gasteiger partial charge in [0.1, 0.15) is 11.5 Å². The number of oxazole rings is 1. The van der Waals surface area contributed by atoms with Crippen molar-refractivity contribution in [1.82, 2.24) is 9.97 Å². The molecule has 0 aliphatic heterocycles. The maximum absolute atomic E-state index is 12.8. The van der Waals surface area contributed by atoms with E-state index in [0.717, 1.165) is 28.6 Å². The van der Waals surface area contributed by atoms with Crippen molar-refractivity contribution in [3.05, 3.63) is 71.2 Å². The summed E-state index contributed by atoms with van der Waals surface area (Å²) < 4.78 is 54.9. The average molecular weight is 472 g/mol. The number of nitrogens with one attached hydrogen (secondary N) is 1. The summed E-state index contributed by atoms with van der Waals surface area (Å²) in [5.41, 5.74) is 2.13. The van der Waals surface area contributed by atoms with Crippen molar-refractivity contribution in [2.45, 2.75) is 32.9 Å². The van der Waals surface area contributed by atoms with Crippen molar-refractivity contribution in [3.63, 3.8) is 0 Å². The predicted octanol–water partition coefficient (Wildman–Crippen LogP) is 5.88. The molecule has 0 saturated heterocycles. The van der Waals surface area contributed by atoms with Crippen LogP contribution in [-0.4, -0.2) is 29.2 Å². The predicted molar refractivity (Wildman–Crippen MR) is 120 cm³/mol. The summed E-state index contributed by atoms with van der Waals surface area (Å²) >= 11 is 0. The molecule has 0 saturated carbocycles. The third-order valence-corrected chi connectivity index (χ3v) is 5.34. The van der Waals surface area contributed by atoms with Crippen LogP contribution in [0.4, 0.5) is 13.2 Å². The lowest BCUT2D eigenvalue weighted by Crippen LogP contribution is -2.07. The summed E-state index contributed by atoms with van der Waals surface area (Å²) in [6, 6.07) is 10.3. The molecular formula is C25H23F3N2O4. The first-order valence-electron chi connectivity index (χ1n) is 10.8. The Kier molecular flexibility index (Phi) is 6.63. The molecule has 0 aliphatic rings. The van der Waals surface area contributed by atoms with E-state index in [4.69, 9.17) is 13.9 Å². The van der Waals surface area contributed by atoms with Gasteiger partial charge in [0, 0.05) is 29.1 Å². The molecule has 0 unspecified atom stereocenters. The summed E-state index contributed by atoms with van der Waals surface area (Å²) in [5, 5.41) is 0.882. The van der Waals surface area contributed by atoms with Crippen LogP contribution < -0.4 is 4.74 Å². The van der Waals surface area contributed by atoms with Crippen LogP contribution in [0.2, 0.25) is 0 Å². The Morgan fingerprint density at radius 3 is 2.62 bits per heavy atom. The van der Waals surface area contributed by atoms with Gasteiger partial charge in [-0.05, 0) is 61.9 Å². The number of alkyl halides is 3. The maximum atomic E-state index is 12.8. The van der Waals surface area contributed by atoms with Gasteiger partial charge in [0.15, 0.2) is 0 Å². The number of aromatic nitrogens is 2. The quantitative estimate of drug-likeness (QED) is 0.324. The van der Waals surface area contributed by atoms with Gasteiger partial charge in [-0.15, -0.1) is 0 Å². The molecule has 6 nitrogen and oxygen atoms in total. The highest BCUT2D eigenvalue weighted by atomic mass is 19.4. The largest absolute Gasteiger partial charge is 0.493 e. The first-order valence-corrected chi connectivity index (χ1v) is 10.8. The van der Waals surface area contributed by atoms with Crippen LogP contribution in [-0.2, 0) is 28.5 Å². The number of fused-ring (bicyclic) bond motifs is 1. The van der Waals surface area contributed by atoms with Crippen molar-refractivity contribution in [1.29, 1.82) is 0 Å². The number of carbonyl (C=O) groups is 1. The van der Waals surface area contributed by atoms with E-state index < -0.39 is 11.7 Å². The maximum Gasteiger partial charge on any atom is 0.416 e. The Morgan fingerprint density at radius 2 is 1.91 bits per heavy atom. The van der Waals surface area contributed by atoms with Crippen LogP contribution in [0.15, 0.2) is 53.1 Å². The minimum Gasteiger partial charge on any atom is -0.493 e. The first-order chi connectivity index (χ1) is 16.2. The van der Waals surface area contributed by atoms with Gasteiger partial charge in [0.05, 0.1) is 30.9 Å². The molecular weight excluding hydrogens is 449 g/mol. The number of ether oxygens (including phenoxy) is 2. The fourth-order valence-electron chi connectivity index (χ4n) is 3.61. The minimum atomic E-state index is -4.39. The molecule has 2 aromatic heterocycles. The van der Waals surface area contributed by atoms with Gasteiger partial charge in [0.2, 0.25) is 5.89 Å². The fourth-order valence-corrected chi connectivity index (χ4v) is 3.61. The van der Waals surface area contributed by atoms with Gasteiger partial charge >= 0.3 is 12.1 Å². The Labute approximate surface area is 193 Å². The molecule has 4 rings (SSSR count). The van der Waals surface area contributed by atoms with E-state index in [-0.39, 0.29) is 18.3 Å². The van der Waals surface area contributed by atoms with E-state index in [9.17, 15) is 18.0 Å². The Balaban J connectivity index is 1.41. The Morgan fingerprint density at radius 1 is 1.15 bits per heavy atom. The SMILES string of the molecule is CCOC(=O)Cc1c[nH]c2ccc(OCCc3nc(-c4ccc(C(F)(F)F)cc4)oc3C)cc12. The molecule has 9 heteroatoms. The fraction of sp³-hybridized carbons (Fsp3) is 0.280. The molecule has 0 fully saturated rings. The molecule has 0 atom stereocenters. The number of carbonyl (C=O) groups excluding carboxylic acids is 1. The van der Waals surface area contributed by atoms with Crippen molar-refractivity contribution in [2.75, 3.05) is 13.2 Å². The second-order valence-corrected chi connectivity index (χ2v) is 7.70. The Hall–Kier alpha value is -3.75. The summed E-state index contributed by atoms with van der Waals surface area (Å²) in [5.74, 6) is 1.19. The van der Waals surface area contributed by atoms with Gasteiger partial charge < -0.3 is 18.9 Å². The molecule has 4 aromatic rings. The highest BCUT2D eigenvalue weighted by Crippen LogP contribution is 2.31. The minimum absolute atomic E-state index is 0.169. The number of H-pyrrole nitrogens is 1. The molecule has 0 bridgehead atoms. The van der Waals surface area contributed by atoms with Crippen LogP contribution in [0.25, 0.3) is 22.4 Å². The lowest BCUT2D eigenvalue weighted by molar-refractivity contribution is -0.142. The zero-order valence-electron chi connectivity index (χ0n) is 18.7. The summed E-state index contributed by atoms with van der Waals surface area (Å²) in [7, 11) is 0. The zero-order chi connectivity index (χ0) is 24.3. The molecule has 34 heavy (non-hydrogen) atoms. The van der Waals surface area contributed by atoms with E-state index in [2.05, 4.69) is 9.97 Å². The van der Waals surface area contributed by atoms with Gasteiger partial charge in [-0.25, -0.2) is 4.98 Å². The molecule has 0 aliphatic carbocycles. The molecule has 178 valence electrons. The standard InChI is InChI=1S/C25H23F3N2O4/c1-3-32-23(31)12-17-14-29-22-9-8-19(13-20(17)22)33-11-10-21-15(2)34-24(30-21)16-4-6-18(7-5-16)25(26,27)28/h4-9,13-14,29H,3,10-12H2,1-2H3. The van der Waals surface area contributed by atoms with Crippen molar-refractivity contribution >= 4 is 16.9 Å². The van der Waals surface area contributed by atoms with Gasteiger partial charge in [-0.2, -0.15) is 13.2 Å². The van der Waals surface area contributed by atoms with Gasteiger partial charge in [-0.3, -0.25) is 4.79 Å². The van der Waals surface area contributed by atoms with Crippen LogP contribution in [0.3, 0.4) is 0 Å². The molecule has 1 N–H and O–H groups in total. The molecule has 0 radical (unpaired) electrons. The zero-order valence-corrected chi connectivity index (χ0v) is 18.7. The van der Waals surface area contributed by atoms with Crippen LogP contribution in [0.1, 0.15) is 29.5 Å². The molecule has 2 heterocycles. The number of halogens is 3. The number of benzene rings is 2. The second kappa shape index (κ2) is 9.62. The van der Waals surface area contributed by atoms with E-state index >= 15 is 0 Å². The van der Waals surface area contributed by atoms with E-state index in [1.54, 1.807) is 20.0 Å². The molecule has 0 spiro atoms. The number of nitrogens with zero attached hydrogens (tertiary/aromatic N) is 1. The van der Waals surface area contributed by atoms with Crippen molar-refractivity contribution in [2.24, 2.45) is 0 Å². The summed E-state index contributed by atoms with van der Waals surface area (Å²) in [6.45, 7) is 4.17. The number of hydrogen-bond donors (Lipinski definition) is 1. The monoisotopic (exact) mass is 472 g/mol. The third-order valence-electron chi connectivity index (χ3n) is 5.34. The smallest absolute Gasteiger partial charge is 0.416 e. The number of esters is 1. The van der Waals surface area contributed by atoms with Crippen molar-refractivity contribution in [3.8, 4) is 17.2 Å². The summed E-state index contributed by atoms with van der Waals surface area (Å²) in [4.78, 5) is 19.4. The van der Waals surface area contributed by atoms with Crippen LogP contribution >= 0.6 is 0 Å². The lowest BCUT2D eigenvalue weighted by atomic mass is 10.1. The Bertz CT molecular complexity index is 1290. The first kappa shape index (κ1) is 23.4.